The fourth-order valence-corrected chi connectivity index (χ4v) is 2.70. The Morgan fingerprint density at radius 3 is 2.58 bits per heavy atom. The molecule has 0 unspecified atom stereocenters. The maximum atomic E-state index is 12.1. The van der Waals surface area contributed by atoms with Crippen molar-refractivity contribution in [2.75, 3.05) is 5.32 Å². The molecule has 0 aliphatic carbocycles. The molecule has 0 radical (unpaired) electrons. The molecule has 4 N–H and O–H groups in total. The number of aryl methyl sites for hydroxylation is 1. The smallest absolute Gasteiger partial charge is 0.342 e. The van der Waals surface area contributed by atoms with E-state index in [1.165, 1.54) is 25.1 Å². The molecule has 0 aliphatic heterocycles. The molecule has 2 amide bonds. The number of primary amides is 1. The van der Waals surface area contributed by atoms with Crippen LogP contribution in [0, 0.1) is 6.92 Å². The van der Waals surface area contributed by atoms with E-state index in [9.17, 15) is 19.5 Å². The third-order valence-corrected chi connectivity index (χ3v) is 4.02. The quantitative estimate of drug-likeness (QED) is 0.715. The number of hydrogen-bond acceptors (Lipinski definition) is 6. The first kappa shape index (κ1) is 17.5. The molecule has 24 heavy (non-hydrogen) atoms. The van der Waals surface area contributed by atoms with E-state index < -0.39 is 23.9 Å². The van der Waals surface area contributed by atoms with Gasteiger partial charge in [0.25, 0.3) is 11.8 Å². The largest absolute Gasteiger partial charge is 0.507 e. The number of anilines is 1. The minimum absolute atomic E-state index is 0.0331. The molecule has 1 aromatic heterocycles. The van der Waals surface area contributed by atoms with Crippen molar-refractivity contribution in [3.05, 3.63) is 46.3 Å². The van der Waals surface area contributed by atoms with E-state index in [2.05, 4.69) is 5.32 Å². The second-order valence-corrected chi connectivity index (χ2v) is 6.00. The molecule has 2 aromatic rings. The van der Waals surface area contributed by atoms with Gasteiger partial charge in [-0.2, -0.15) is 0 Å². The molecule has 0 spiro atoms. The summed E-state index contributed by atoms with van der Waals surface area (Å²) in [6, 6.07) is 5.98. The summed E-state index contributed by atoms with van der Waals surface area (Å²) in [5.74, 6) is -2.32. The maximum absolute atomic E-state index is 12.1. The summed E-state index contributed by atoms with van der Waals surface area (Å²) >= 11 is 1.13. The fraction of sp³-hybridized carbons (Fsp3) is 0.188. The van der Waals surface area contributed by atoms with Crippen molar-refractivity contribution in [1.29, 1.82) is 0 Å². The molecule has 2 rings (SSSR count). The molecule has 1 atom stereocenters. The first-order chi connectivity index (χ1) is 11.3. The van der Waals surface area contributed by atoms with Crippen LogP contribution in [0.4, 0.5) is 5.00 Å². The number of ether oxygens (including phenoxy) is 1. The van der Waals surface area contributed by atoms with Gasteiger partial charge in [-0.25, -0.2) is 4.79 Å². The Bertz CT molecular complexity index is 800. The first-order valence-corrected chi connectivity index (χ1v) is 7.86. The number of thiophene rings is 1. The van der Waals surface area contributed by atoms with Gasteiger partial charge in [0.1, 0.15) is 16.3 Å². The van der Waals surface area contributed by atoms with E-state index in [1.54, 1.807) is 18.4 Å². The van der Waals surface area contributed by atoms with Gasteiger partial charge in [-0.1, -0.05) is 6.07 Å². The molecule has 1 heterocycles. The van der Waals surface area contributed by atoms with Crippen LogP contribution in [0.15, 0.2) is 29.6 Å². The summed E-state index contributed by atoms with van der Waals surface area (Å²) in [6.45, 7) is 3.15. The second-order valence-electron chi connectivity index (χ2n) is 5.09. The van der Waals surface area contributed by atoms with E-state index >= 15 is 0 Å². The van der Waals surface area contributed by atoms with E-state index in [4.69, 9.17) is 10.5 Å². The summed E-state index contributed by atoms with van der Waals surface area (Å²) < 4.78 is 5.05. The molecule has 8 heteroatoms. The minimum atomic E-state index is -1.12. The predicted octanol–water partition coefficient (Wildman–Crippen LogP) is 2.05. The van der Waals surface area contributed by atoms with Crippen molar-refractivity contribution in [2.24, 2.45) is 5.73 Å². The fourth-order valence-electron chi connectivity index (χ4n) is 1.91. The van der Waals surface area contributed by atoms with E-state index in [0.717, 1.165) is 16.9 Å². The number of hydrogen-bond donors (Lipinski definition) is 3. The molecule has 126 valence electrons. The molecule has 7 nitrogen and oxygen atoms in total. The van der Waals surface area contributed by atoms with Crippen LogP contribution in [-0.2, 0) is 9.53 Å². The molecule has 1 aromatic carbocycles. The predicted molar refractivity (Wildman–Crippen MR) is 89.2 cm³/mol. The number of amides is 2. The number of carbonyl (C=O) groups excluding carboxylic acids is 3. The molecule has 0 fully saturated rings. The zero-order valence-corrected chi connectivity index (χ0v) is 13.8. The third kappa shape index (κ3) is 3.90. The van der Waals surface area contributed by atoms with Crippen LogP contribution in [-0.4, -0.2) is 29.0 Å². The zero-order chi connectivity index (χ0) is 17.9. The van der Waals surface area contributed by atoms with Crippen molar-refractivity contribution in [1.82, 2.24) is 0 Å². The Balaban J connectivity index is 2.04. The highest BCUT2D eigenvalue weighted by Gasteiger charge is 2.22. The average Bonchev–Trinajstić information content (AvgIpc) is 2.95. The van der Waals surface area contributed by atoms with Crippen LogP contribution in [0.3, 0.4) is 0 Å². The molecule has 0 saturated heterocycles. The summed E-state index contributed by atoms with van der Waals surface area (Å²) in [6.07, 6.45) is -1.12. The number of esters is 1. The molecular formula is C16H16N2O5S. The zero-order valence-electron chi connectivity index (χ0n) is 13.0. The van der Waals surface area contributed by atoms with Crippen molar-refractivity contribution in [3.8, 4) is 5.75 Å². The van der Waals surface area contributed by atoms with Crippen LogP contribution in [0.25, 0.3) is 0 Å². The second kappa shape index (κ2) is 7.14. The SMILES string of the molecule is Cc1ccc(C(=O)O[C@@H](C)C(=O)Nc2sccc2C(N)=O)c(O)c1. The van der Waals surface area contributed by atoms with Gasteiger partial charge in [0.2, 0.25) is 0 Å². The summed E-state index contributed by atoms with van der Waals surface area (Å²) in [7, 11) is 0. The van der Waals surface area contributed by atoms with Crippen LogP contribution < -0.4 is 11.1 Å². The van der Waals surface area contributed by atoms with E-state index in [0.29, 0.717) is 0 Å². The maximum Gasteiger partial charge on any atom is 0.342 e. The Kier molecular flexibility index (Phi) is 5.20. The van der Waals surface area contributed by atoms with E-state index in [1.807, 2.05) is 0 Å². The summed E-state index contributed by atoms with van der Waals surface area (Å²) in [5.41, 5.74) is 6.13. The highest BCUT2D eigenvalue weighted by atomic mass is 32.1. The van der Waals surface area contributed by atoms with Gasteiger partial charge in [0.05, 0.1) is 5.56 Å². The number of rotatable bonds is 5. The van der Waals surface area contributed by atoms with Crippen LogP contribution in [0.2, 0.25) is 0 Å². The van der Waals surface area contributed by atoms with Gasteiger partial charge < -0.3 is 20.9 Å². The van der Waals surface area contributed by atoms with Crippen molar-refractivity contribution in [2.45, 2.75) is 20.0 Å². The van der Waals surface area contributed by atoms with Gasteiger partial charge in [-0.3, -0.25) is 9.59 Å². The van der Waals surface area contributed by atoms with Gasteiger partial charge in [0, 0.05) is 0 Å². The Hall–Kier alpha value is -2.87. The number of phenolic OH excluding ortho intramolecular Hbond substituents is 1. The lowest BCUT2D eigenvalue weighted by atomic mass is 10.1. The molecule has 0 saturated carbocycles. The number of nitrogens with two attached hydrogens (primary N) is 1. The number of phenols is 1. The van der Waals surface area contributed by atoms with Crippen molar-refractivity contribution < 1.29 is 24.2 Å². The summed E-state index contributed by atoms with van der Waals surface area (Å²) in [5, 5.41) is 14.2. The molecular weight excluding hydrogens is 332 g/mol. The number of carbonyl (C=O) groups is 3. The van der Waals surface area contributed by atoms with E-state index in [-0.39, 0.29) is 21.9 Å². The van der Waals surface area contributed by atoms with Crippen LogP contribution in [0.1, 0.15) is 33.2 Å². The topological polar surface area (TPSA) is 119 Å². The van der Waals surface area contributed by atoms with Crippen LogP contribution >= 0.6 is 11.3 Å². The number of aromatic hydroxyl groups is 1. The highest BCUT2D eigenvalue weighted by molar-refractivity contribution is 7.14. The lowest BCUT2D eigenvalue weighted by Crippen LogP contribution is -2.30. The van der Waals surface area contributed by atoms with Gasteiger partial charge in [-0.15, -0.1) is 11.3 Å². The van der Waals surface area contributed by atoms with Gasteiger partial charge in [0.15, 0.2) is 6.10 Å². The minimum Gasteiger partial charge on any atom is -0.507 e. The summed E-state index contributed by atoms with van der Waals surface area (Å²) in [4.78, 5) is 35.4. The Morgan fingerprint density at radius 1 is 1.25 bits per heavy atom. The lowest BCUT2D eigenvalue weighted by molar-refractivity contribution is -0.123. The molecule has 0 bridgehead atoms. The Labute approximate surface area is 142 Å². The first-order valence-electron chi connectivity index (χ1n) is 6.98. The van der Waals surface area contributed by atoms with Crippen molar-refractivity contribution in [3.63, 3.8) is 0 Å². The monoisotopic (exact) mass is 348 g/mol. The number of benzene rings is 1. The number of nitrogens with one attached hydrogen (secondary N) is 1. The average molecular weight is 348 g/mol. The highest BCUT2D eigenvalue weighted by Crippen LogP contribution is 2.23. The molecule has 0 aliphatic rings. The lowest BCUT2D eigenvalue weighted by Gasteiger charge is -2.14. The Morgan fingerprint density at radius 2 is 1.96 bits per heavy atom. The van der Waals surface area contributed by atoms with Gasteiger partial charge >= 0.3 is 5.97 Å². The van der Waals surface area contributed by atoms with Gasteiger partial charge in [-0.05, 0) is 43.0 Å². The van der Waals surface area contributed by atoms with Crippen LogP contribution in [0.5, 0.6) is 5.75 Å². The third-order valence-electron chi connectivity index (χ3n) is 3.19. The standard InChI is InChI=1S/C16H16N2O5S/c1-8-3-4-10(12(19)7-8)16(22)23-9(2)14(21)18-15-11(13(17)20)5-6-24-15/h3-7,9,19H,1-2H3,(H2,17,20)(H,18,21)/t9-/m0/s1. The normalized spacial score (nSPS) is 11.6. The van der Waals surface area contributed by atoms with Crippen molar-refractivity contribution >= 4 is 34.1 Å².